The number of hydrogen-bond acceptors (Lipinski definition) is 4. The Morgan fingerprint density at radius 2 is 2.00 bits per heavy atom. The molecule has 20 heavy (non-hydrogen) atoms. The fraction of sp³-hybridized carbons (Fsp3) is 0.133. The average molecular weight is 268 g/mol. The van der Waals surface area contributed by atoms with E-state index in [0.29, 0.717) is 5.56 Å². The molecule has 0 fully saturated rings. The van der Waals surface area contributed by atoms with Gasteiger partial charge in [-0.05, 0) is 30.3 Å². The summed E-state index contributed by atoms with van der Waals surface area (Å²) in [7, 11) is 3.90. The van der Waals surface area contributed by atoms with Crippen LogP contribution in [0.25, 0.3) is 0 Å². The summed E-state index contributed by atoms with van der Waals surface area (Å²) in [4.78, 5) is 17.8. The van der Waals surface area contributed by atoms with Crippen molar-refractivity contribution in [3.8, 4) is 0 Å². The first-order valence-electron chi connectivity index (χ1n) is 6.17. The van der Waals surface area contributed by atoms with E-state index in [1.165, 1.54) is 0 Å². The van der Waals surface area contributed by atoms with Gasteiger partial charge < -0.3 is 4.90 Å². The van der Waals surface area contributed by atoms with Crippen LogP contribution in [-0.2, 0) is 0 Å². The van der Waals surface area contributed by atoms with Gasteiger partial charge in [0.15, 0.2) is 0 Å². The Kier molecular flexibility index (Phi) is 4.44. The monoisotopic (exact) mass is 268 g/mol. The third kappa shape index (κ3) is 3.65. The van der Waals surface area contributed by atoms with Gasteiger partial charge in [-0.1, -0.05) is 6.07 Å². The lowest BCUT2D eigenvalue weighted by Gasteiger charge is -2.12. The van der Waals surface area contributed by atoms with Gasteiger partial charge in [-0.2, -0.15) is 5.10 Å². The van der Waals surface area contributed by atoms with Crippen molar-refractivity contribution < 1.29 is 4.79 Å². The van der Waals surface area contributed by atoms with Crippen LogP contribution in [-0.4, -0.2) is 31.2 Å². The number of hydrogen-bond donors (Lipinski definition) is 1. The standard InChI is InChI=1S/C15H16N4O/c1-19(2)14-7-5-13(6-8-14)15(20)18-17-11-12-4-3-9-16-10-12/h3-11H,1-2H3,(H,18,20)/b17-11+. The predicted octanol–water partition coefficient (Wildman–Crippen LogP) is 1.91. The van der Waals surface area contributed by atoms with Gasteiger partial charge in [-0.25, -0.2) is 5.43 Å². The molecule has 2 rings (SSSR count). The summed E-state index contributed by atoms with van der Waals surface area (Å²) < 4.78 is 0. The molecule has 0 spiro atoms. The number of anilines is 1. The number of carbonyl (C=O) groups is 1. The van der Waals surface area contributed by atoms with Crippen molar-refractivity contribution in [1.82, 2.24) is 10.4 Å². The second-order valence-electron chi connectivity index (χ2n) is 4.43. The third-order valence-corrected chi connectivity index (χ3v) is 2.71. The first-order chi connectivity index (χ1) is 9.66. The van der Waals surface area contributed by atoms with Gasteiger partial charge in [-0.15, -0.1) is 0 Å². The molecule has 0 saturated carbocycles. The smallest absolute Gasteiger partial charge is 0.271 e. The van der Waals surface area contributed by atoms with Crippen LogP contribution in [0.5, 0.6) is 0 Å². The fourth-order valence-electron chi connectivity index (χ4n) is 1.59. The Morgan fingerprint density at radius 1 is 1.25 bits per heavy atom. The number of nitrogens with one attached hydrogen (secondary N) is 1. The number of pyridine rings is 1. The molecule has 5 nitrogen and oxygen atoms in total. The van der Waals surface area contributed by atoms with E-state index in [-0.39, 0.29) is 5.91 Å². The Labute approximate surface area is 118 Å². The molecule has 0 aliphatic rings. The van der Waals surface area contributed by atoms with Crippen LogP contribution in [0.2, 0.25) is 0 Å². The molecule has 0 bridgehead atoms. The van der Waals surface area contributed by atoms with Crippen molar-refractivity contribution in [2.24, 2.45) is 5.10 Å². The second kappa shape index (κ2) is 6.47. The summed E-state index contributed by atoms with van der Waals surface area (Å²) in [6, 6.07) is 11.0. The normalized spacial score (nSPS) is 10.5. The van der Waals surface area contributed by atoms with Crippen molar-refractivity contribution in [2.45, 2.75) is 0 Å². The summed E-state index contributed by atoms with van der Waals surface area (Å²) in [5, 5.41) is 3.90. The summed E-state index contributed by atoms with van der Waals surface area (Å²) in [6.07, 6.45) is 4.91. The first-order valence-corrected chi connectivity index (χ1v) is 6.17. The molecule has 0 atom stereocenters. The van der Waals surface area contributed by atoms with Crippen LogP contribution in [0.15, 0.2) is 53.9 Å². The highest BCUT2D eigenvalue weighted by molar-refractivity contribution is 5.95. The van der Waals surface area contributed by atoms with Crippen LogP contribution in [0.3, 0.4) is 0 Å². The minimum Gasteiger partial charge on any atom is -0.378 e. The van der Waals surface area contributed by atoms with E-state index in [1.807, 2.05) is 43.3 Å². The highest BCUT2D eigenvalue weighted by Crippen LogP contribution is 2.11. The number of carbonyl (C=O) groups excluding carboxylic acids is 1. The van der Waals surface area contributed by atoms with Gasteiger partial charge in [0.25, 0.3) is 5.91 Å². The topological polar surface area (TPSA) is 57.6 Å². The van der Waals surface area contributed by atoms with Gasteiger partial charge in [0.2, 0.25) is 0 Å². The van der Waals surface area contributed by atoms with Crippen LogP contribution in [0.4, 0.5) is 5.69 Å². The maximum absolute atomic E-state index is 11.9. The zero-order valence-corrected chi connectivity index (χ0v) is 11.4. The molecule has 0 radical (unpaired) electrons. The molecule has 1 heterocycles. The van der Waals surface area contributed by atoms with Gasteiger partial charge >= 0.3 is 0 Å². The summed E-state index contributed by atoms with van der Waals surface area (Å²) in [6.45, 7) is 0. The Balaban J connectivity index is 1.96. The number of rotatable bonds is 4. The molecule has 0 saturated heterocycles. The molecule has 1 aromatic heterocycles. The largest absolute Gasteiger partial charge is 0.378 e. The molecule has 5 heteroatoms. The van der Waals surface area contributed by atoms with E-state index in [4.69, 9.17) is 0 Å². The van der Waals surface area contributed by atoms with E-state index in [0.717, 1.165) is 11.3 Å². The van der Waals surface area contributed by atoms with Crippen molar-refractivity contribution in [2.75, 3.05) is 19.0 Å². The number of benzene rings is 1. The van der Waals surface area contributed by atoms with Crippen LogP contribution < -0.4 is 10.3 Å². The number of aromatic nitrogens is 1. The zero-order chi connectivity index (χ0) is 14.4. The van der Waals surface area contributed by atoms with Crippen molar-refractivity contribution in [3.05, 3.63) is 59.9 Å². The minimum atomic E-state index is -0.240. The van der Waals surface area contributed by atoms with Crippen molar-refractivity contribution >= 4 is 17.8 Å². The number of amides is 1. The van der Waals surface area contributed by atoms with Gasteiger partial charge in [0, 0.05) is 43.3 Å². The van der Waals surface area contributed by atoms with Gasteiger partial charge in [0.1, 0.15) is 0 Å². The van der Waals surface area contributed by atoms with Crippen molar-refractivity contribution in [3.63, 3.8) is 0 Å². The molecule has 102 valence electrons. The molecule has 0 aliphatic carbocycles. The van der Waals surface area contributed by atoms with E-state index in [2.05, 4.69) is 15.5 Å². The lowest BCUT2D eigenvalue weighted by Crippen LogP contribution is -2.17. The highest BCUT2D eigenvalue weighted by Gasteiger charge is 2.04. The van der Waals surface area contributed by atoms with E-state index < -0.39 is 0 Å². The van der Waals surface area contributed by atoms with Crippen molar-refractivity contribution in [1.29, 1.82) is 0 Å². The Hall–Kier alpha value is -2.69. The predicted molar refractivity (Wildman–Crippen MR) is 80.1 cm³/mol. The molecule has 2 aromatic rings. The lowest BCUT2D eigenvalue weighted by atomic mass is 10.2. The van der Waals surface area contributed by atoms with Gasteiger partial charge in [0.05, 0.1) is 6.21 Å². The zero-order valence-electron chi connectivity index (χ0n) is 11.4. The Bertz CT molecular complexity index is 591. The summed E-state index contributed by atoms with van der Waals surface area (Å²) >= 11 is 0. The highest BCUT2D eigenvalue weighted by atomic mass is 16.2. The maximum Gasteiger partial charge on any atom is 0.271 e. The van der Waals surface area contributed by atoms with E-state index in [9.17, 15) is 4.79 Å². The quantitative estimate of drug-likeness (QED) is 0.680. The average Bonchev–Trinajstić information content (AvgIpc) is 2.48. The first kappa shape index (κ1) is 13.7. The SMILES string of the molecule is CN(C)c1ccc(C(=O)N/N=C/c2cccnc2)cc1. The molecular formula is C15H16N4O. The molecule has 1 N–H and O–H groups in total. The number of nitrogens with zero attached hydrogens (tertiary/aromatic N) is 3. The Morgan fingerprint density at radius 3 is 2.60 bits per heavy atom. The lowest BCUT2D eigenvalue weighted by molar-refractivity contribution is 0.0955. The maximum atomic E-state index is 11.9. The molecule has 0 unspecified atom stereocenters. The minimum absolute atomic E-state index is 0.240. The third-order valence-electron chi connectivity index (χ3n) is 2.71. The van der Waals surface area contributed by atoms with Crippen LogP contribution in [0.1, 0.15) is 15.9 Å². The van der Waals surface area contributed by atoms with E-state index in [1.54, 1.807) is 30.7 Å². The summed E-state index contributed by atoms with van der Waals surface area (Å²) in [5.74, 6) is -0.240. The van der Waals surface area contributed by atoms with Crippen LogP contribution in [0, 0.1) is 0 Å². The summed E-state index contributed by atoms with van der Waals surface area (Å²) in [5.41, 5.74) is 4.93. The molecule has 1 aromatic carbocycles. The second-order valence-corrected chi connectivity index (χ2v) is 4.43. The van der Waals surface area contributed by atoms with E-state index >= 15 is 0 Å². The fourth-order valence-corrected chi connectivity index (χ4v) is 1.59. The molecule has 1 amide bonds. The molecule has 0 aliphatic heterocycles. The molecular weight excluding hydrogens is 252 g/mol. The number of hydrazone groups is 1. The van der Waals surface area contributed by atoms with Crippen LogP contribution >= 0.6 is 0 Å². The van der Waals surface area contributed by atoms with Gasteiger partial charge in [-0.3, -0.25) is 9.78 Å².